The summed E-state index contributed by atoms with van der Waals surface area (Å²) in [6.45, 7) is 1.83. The second kappa shape index (κ2) is 11.0. The Morgan fingerprint density at radius 1 is 1.05 bits per heavy atom. The molecule has 0 heterocycles. The van der Waals surface area contributed by atoms with E-state index in [1.54, 1.807) is 36.4 Å². The lowest BCUT2D eigenvalue weighted by atomic mass is 10.0. The number of carbonyl (C=O) groups is 1. The van der Waals surface area contributed by atoms with Crippen LogP contribution in [0.2, 0.25) is 10.0 Å². The third kappa shape index (κ3) is 5.73. The Kier molecular flexibility index (Phi) is 7.89. The number of hydrogen-bond acceptors (Lipinski definition) is 7. The van der Waals surface area contributed by atoms with Gasteiger partial charge in [0.1, 0.15) is 22.0 Å². The molecule has 196 valence electrons. The number of phenols is 1. The molecule has 0 atom stereocenters. The van der Waals surface area contributed by atoms with Crippen molar-refractivity contribution in [2.75, 3.05) is 12.4 Å². The van der Waals surface area contributed by atoms with Gasteiger partial charge in [0, 0.05) is 22.2 Å². The molecule has 0 aliphatic carbocycles. The van der Waals surface area contributed by atoms with E-state index in [2.05, 4.69) is 15.5 Å². The third-order valence-corrected chi connectivity index (χ3v) is 7.19. The number of aryl methyl sites for hydroxylation is 1. The summed E-state index contributed by atoms with van der Waals surface area (Å²) in [6.07, 6.45) is 0.506. The van der Waals surface area contributed by atoms with Gasteiger partial charge >= 0.3 is 0 Å². The van der Waals surface area contributed by atoms with Crippen LogP contribution in [0.1, 0.15) is 22.8 Å². The maximum atomic E-state index is 13.2. The smallest absolute Gasteiger partial charge is 0.298 e. The van der Waals surface area contributed by atoms with E-state index >= 15 is 0 Å². The summed E-state index contributed by atoms with van der Waals surface area (Å²) in [5, 5.41) is 23.0. The molecule has 38 heavy (non-hydrogen) atoms. The van der Waals surface area contributed by atoms with E-state index in [0.717, 1.165) is 0 Å². The molecule has 0 unspecified atom stereocenters. The van der Waals surface area contributed by atoms with Gasteiger partial charge in [0.2, 0.25) is 0 Å². The minimum absolute atomic E-state index is 0.0868. The van der Waals surface area contributed by atoms with Gasteiger partial charge in [0.05, 0.1) is 17.7 Å². The number of halogens is 2. The number of hydrogen-bond donors (Lipinski definition) is 3. The van der Waals surface area contributed by atoms with E-state index < -0.39 is 26.7 Å². The Hall–Kier alpha value is -3.70. The van der Waals surface area contributed by atoms with Crippen LogP contribution < -0.4 is 10.1 Å². The molecule has 9 nitrogen and oxygen atoms in total. The lowest BCUT2D eigenvalue weighted by Crippen LogP contribution is -2.12. The zero-order valence-electron chi connectivity index (χ0n) is 20.1. The van der Waals surface area contributed by atoms with Crippen molar-refractivity contribution < 1.29 is 27.6 Å². The lowest BCUT2D eigenvalue weighted by Gasteiger charge is -2.12. The zero-order chi connectivity index (χ0) is 27.6. The number of phenolic OH excluding ortho intramolecular Hbond substituents is 1. The van der Waals surface area contributed by atoms with Crippen molar-refractivity contribution >= 4 is 67.1 Å². The molecule has 0 spiro atoms. The normalized spacial score (nSPS) is 11.7. The van der Waals surface area contributed by atoms with Crippen LogP contribution in [0, 0.1) is 0 Å². The number of rotatable bonds is 7. The van der Waals surface area contributed by atoms with Gasteiger partial charge in [-0.05, 0) is 47.7 Å². The Balaban J connectivity index is 1.85. The van der Waals surface area contributed by atoms with Crippen LogP contribution in [-0.4, -0.2) is 31.1 Å². The average molecular weight is 574 g/mol. The van der Waals surface area contributed by atoms with E-state index in [1.165, 1.54) is 31.4 Å². The molecule has 4 aromatic carbocycles. The molecule has 0 aliphatic heterocycles. The van der Waals surface area contributed by atoms with E-state index in [9.17, 15) is 22.9 Å². The molecule has 0 aromatic heterocycles. The number of aromatic hydroxyl groups is 1. The van der Waals surface area contributed by atoms with E-state index in [4.69, 9.17) is 27.9 Å². The number of fused-ring (bicyclic) bond motifs is 1. The summed E-state index contributed by atoms with van der Waals surface area (Å²) in [6, 6.07) is 15.8. The van der Waals surface area contributed by atoms with E-state index in [0.29, 0.717) is 39.2 Å². The fourth-order valence-electron chi connectivity index (χ4n) is 3.81. The molecule has 0 bridgehead atoms. The first kappa shape index (κ1) is 27.3. The summed E-state index contributed by atoms with van der Waals surface area (Å²) in [7, 11) is -3.29. The van der Waals surface area contributed by atoms with Crippen LogP contribution in [0.15, 0.2) is 75.8 Å². The maximum absolute atomic E-state index is 13.2. The summed E-state index contributed by atoms with van der Waals surface area (Å²) < 4.78 is 38.9. The number of azo groups is 1. The van der Waals surface area contributed by atoms with Crippen molar-refractivity contribution in [3.8, 4) is 11.5 Å². The number of methoxy groups -OCH3 is 1. The Labute approximate surface area is 228 Å². The van der Waals surface area contributed by atoms with Crippen molar-refractivity contribution in [2.24, 2.45) is 10.2 Å². The van der Waals surface area contributed by atoms with Crippen LogP contribution in [0.25, 0.3) is 10.8 Å². The molecule has 4 aromatic rings. The van der Waals surface area contributed by atoms with E-state index in [-0.39, 0.29) is 22.0 Å². The number of carbonyl (C=O) groups excluding carboxylic acids is 1. The minimum atomic E-state index is -4.74. The molecule has 3 N–H and O–H groups in total. The second-order valence-corrected chi connectivity index (χ2v) is 10.3. The van der Waals surface area contributed by atoms with Crippen LogP contribution in [0.4, 0.5) is 17.1 Å². The number of ether oxygens (including phenoxy) is 1. The molecule has 0 radical (unpaired) electrons. The second-order valence-electron chi connectivity index (χ2n) is 8.13. The number of amides is 1. The Morgan fingerprint density at radius 2 is 1.79 bits per heavy atom. The van der Waals surface area contributed by atoms with Gasteiger partial charge in [0.15, 0.2) is 5.75 Å². The van der Waals surface area contributed by atoms with E-state index in [1.807, 2.05) is 6.92 Å². The highest BCUT2D eigenvalue weighted by Gasteiger charge is 2.23. The molecule has 12 heteroatoms. The molecule has 0 saturated carbocycles. The lowest BCUT2D eigenvalue weighted by molar-refractivity contribution is 0.102. The Morgan fingerprint density at radius 3 is 2.47 bits per heavy atom. The highest BCUT2D eigenvalue weighted by atomic mass is 35.5. The van der Waals surface area contributed by atoms with Gasteiger partial charge in [-0.25, -0.2) is 0 Å². The summed E-state index contributed by atoms with van der Waals surface area (Å²) >= 11 is 12.2. The van der Waals surface area contributed by atoms with Gasteiger partial charge in [-0.3, -0.25) is 9.35 Å². The molecule has 0 fully saturated rings. The summed E-state index contributed by atoms with van der Waals surface area (Å²) in [4.78, 5) is 12.6. The molecule has 0 saturated heterocycles. The first-order chi connectivity index (χ1) is 18.0. The number of benzene rings is 4. The van der Waals surface area contributed by atoms with Gasteiger partial charge in [0.25, 0.3) is 16.0 Å². The first-order valence-electron chi connectivity index (χ1n) is 11.1. The topological polar surface area (TPSA) is 138 Å². The quantitative estimate of drug-likeness (QED) is 0.156. The Bertz CT molecular complexity index is 1710. The average Bonchev–Trinajstić information content (AvgIpc) is 2.86. The van der Waals surface area contributed by atoms with Crippen molar-refractivity contribution in [2.45, 2.75) is 18.2 Å². The minimum Gasteiger partial charge on any atom is -0.505 e. The maximum Gasteiger partial charge on any atom is 0.298 e. The van der Waals surface area contributed by atoms with Gasteiger partial charge < -0.3 is 15.2 Å². The van der Waals surface area contributed by atoms with Crippen molar-refractivity contribution in [3.63, 3.8) is 0 Å². The first-order valence-corrected chi connectivity index (χ1v) is 13.3. The predicted octanol–water partition coefficient (Wildman–Crippen LogP) is 7.34. The fraction of sp³-hybridized carbons (Fsp3) is 0.115. The SMILES string of the molecule is CCc1cc(Cl)c(S(=O)(=O)O)c(N=Nc2c(O)c(C(=O)Nc3cc(Cl)cc(OC)c3)cc3ccccc23)c1. The fourth-order valence-corrected chi connectivity index (χ4v) is 5.24. The number of nitrogens with one attached hydrogen (secondary N) is 1. The van der Waals surface area contributed by atoms with Gasteiger partial charge in [-0.2, -0.15) is 8.42 Å². The van der Waals surface area contributed by atoms with Crippen LogP contribution in [0.3, 0.4) is 0 Å². The van der Waals surface area contributed by atoms with Gasteiger partial charge in [-0.1, -0.05) is 54.4 Å². The largest absolute Gasteiger partial charge is 0.505 e. The number of nitrogens with zero attached hydrogens (tertiary/aromatic N) is 2. The molecule has 0 aliphatic rings. The summed E-state index contributed by atoms with van der Waals surface area (Å²) in [5.74, 6) is -0.735. The van der Waals surface area contributed by atoms with Gasteiger partial charge in [-0.15, -0.1) is 10.2 Å². The highest BCUT2D eigenvalue weighted by Crippen LogP contribution is 2.41. The molecule has 1 amide bonds. The molecule has 4 rings (SSSR count). The molecular weight excluding hydrogens is 553 g/mol. The van der Waals surface area contributed by atoms with Crippen LogP contribution in [-0.2, 0) is 16.5 Å². The van der Waals surface area contributed by atoms with Crippen LogP contribution in [0.5, 0.6) is 11.5 Å². The van der Waals surface area contributed by atoms with Crippen molar-refractivity contribution in [1.29, 1.82) is 0 Å². The highest BCUT2D eigenvalue weighted by molar-refractivity contribution is 7.86. The van der Waals surface area contributed by atoms with Crippen molar-refractivity contribution in [1.82, 2.24) is 0 Å². The summed E-state index contributed by atoms with van der Waals surface area (Å²) in [5.41, 5.74) is 0.554. The van der Waals surface area contributed by atoms with Crippen LogP contribution >= 0.6 is 23.2 Å². The molecular formula is C26H21Cl2N3O6S. The van der Waals surface area contributed by atoms with Crippen molar-refractivity contribution in [3.05, 3.63) is 81.8 Å². The standard InChI is InChI=1S/C26H21Cl2N3O6S/c1-3-14-8-21(28)25(38(34,35)36)22(9-14)30-31-23-19-7-5-4-6-15(19)10-20(24(23)32)26(33)29-17-11-16(27)12-18(13-17)37-2/h4-13,32H,3H2,1-2H3,(H,29,33)(H,34,35,36). The predicted molar refractivity (Wildman–Crippen MR) is 146 cm³/mol. The third-order valence-electron chi connectivity index (χ3n) is 5.61. The monoisotopic (exact) mass is 573 g/mol. The zero-order valence-corrected chi connectivity index (χ0v) is 22.4. The number of anilines is 1.